The Morgan fingerprint density at radius 2 is 1.83 bits per heavy atom. The van der Waals surface area contributed by atoms with Crippen molar-refractivity contribution >= 4 is 0 Å². The van der Waals surface area contributed by atoms with Gasteiger partial charge in [-0.25, -0.2) is 0 Å². The fraction of sp³-hybridized carbons (Fsp3) is 0.833. The van der Waals surface area contributed by atoms with Gasteiger partial charge < -0.3 is 0 Å². The van der Waals surface area contributed by atoms with Crippen LogP contribution in [0, 0.1) is 11.8 Å². The second-order valence-electron chi connectivity index (χ2n) is 4.24. The second kappa shape index (κ2) is 5.40. The first-order valence-corrected chi connectivity index (χ1v) is 5.49. The van der Waals surface area contributed by atoms with Gasteiger partial charge in [-0.05, 0) is 31.1 Å². The number of rotatable bonds is 3. The average Bonchev–Trinajstić information content (AvgIpc) is 2.09. The van der Waals surface area contributed by atoms with Gasteiger partial charge in [0.15, 0.2) is 0 Å². The third kappa shape index (κ3) is 3.42. The Balaban J connectivity index is 2.17. The van der Waals surface area contributed by atoms with Crippen molar-refractivity contribution in [2.75, 3.05) is 0 Å². The Kier molecular flexibility index (Phi) is 4.42. The van der Waals surface area contributed by atoms with Crippen LogP contribution >= 0.6 is 0 Å². The van der Waals surface area contributed by atoms with Crippen LogP contribution in [-0.2, 0) is 0 Å². The third-order valence-electron chi connectivity index (χ3n) is 2.92. The van der Waals surface area contributed by atoms with Crippen molar-refractivity contribution in [1.29, 1.82) is 0 Å². The molecule has 0 aromatic carbocycles. The van der Waals surface area contributed by atoms with E-state index in [0.29, 0.717) is 0 Å². The van der Waals surface area contributed by atoms with Gasteiger partial charge in [0.1, 0.15) is 0 Å². The number of hydrogen-bond acceptors (Lipinski definition) is 0. The Morgan fingerprint density at radius 3 is 2.42 bits per heavy atom. The summed E-state index contributed by atoms with van der Waals surface area (Å²) >= 11 is 0. The van der Waals surface area contributed by atoms with Gasteiger partial charge in [0.2, 0.25) is 0 Å². The quantitative estimate of drug-likeness (QED) is 0.552. The van der Waals surface area contributed by atoms with Gasteiger partial charge in [0.05, 0.1) is 0 Å². The van der Waals surface area contributed by atoms with Crippen molar-refractivity contribution < 1.29 is 0 Å². The normalized spacial score (nSPS) is 31.2. The summed E-state index contributed by atoms with van der Waals surface area (Å²) in [6.45, 7) is 4.62. The zero-order valence-corrected chi connectivity index (χ0v) is 8.55. The highest BCUT2D eigenvalue weighted by Crippen LogP contribution is 2.28. The predicted octanol–water partition coefficient (Wildman–Crippen LogP) is 4.17. The van der Waals surface area contributed by atoms with Crippen molar-refractivity contribution in [2.45, 2.75) is 52.4 Å². The fourth-order valence-electron chi connectivity index (χ4n) is 1.93. The van der Waals surface area contributed by atoms with Crippen LogP contribution < -0.4 is 0 Å². The molecule has 0 saturated heterocycles. The first-order valence-electron chi connectivity index (χ1n) is 5.49. The highest BCUT2D eigenvalue weighted by molar-refractivity contribution is 4.90. The molecule has 0 aliphatic heterocycles. The molecule has 0 unspecified atom stereocenters. The summed E-state index contributed by atoms with van der Waals surface area (Å²) < 4.78 is 0. The van der Waals surface area contributed by atoms with E-state index < -0.39 is 0 Å². The molecule has 1 aliphatic rings. The molecule has 0 nitrogen and oxygen atoms in total. The van der Waals surface area contributed by atoms with E-state index in [1.165, 1.54) is 38.5 Å². The molecule has 0 heterocycles. The molecule has 0 spiro atoms. The van der Waals surface area contributed by atoms with E-state index in [1.807, 2.05) is 0 Å². The van der Waals surface area contributed by atoms with Crippen LogP contribution in [0.25, 0.3) is 0 Å². The van der Waals surface area contributed by atoms with Gasteiger partial charge in [-0.3, -0.25) is 0 Å². The van der Waals surface area contributed by atoms with Crippen molar-refractivity contribution in [3.05, 3.63) is 12.2 Å². The summed E-state index contributed by atoms with van der Waals surface area (Å²) in [5.41, 5.74) is 0. The molecule has 0 bridgehead atoms. The molecule has 0 heteroatoms. The second-order valence-corrected chi connectivity index (χ2v) is 4.24. The van der Waals surface area contributed by atoms with E-state index in [1.54, 1.807) is 0 Å². The van der Waals surface area contributed by atoms with Crippen molar-refractivity contribution in [1.82, 2.24) is 0 Å². The lowest BCUT2D eigenvalue weighted by Crippen LogP contribution is -2.09. The summed E-state index contributed by atoms with van der Waals surface area (Å²) in [6, 6.07) is 0. The van der Waals surface area contributed by atoms with Crippen LogP contribution in [0.3, 0.4) is 0 Å². The molecule has 1 aliphatic carbocycles. The van der Waals surface area contributed by atoms with E-state index in [-0.39, 0.29) is 0 Å². The molecule has 70 valence electrons. The van der Waals surface area contributed by atoms with Crippen molar-refractivity contribution in [3.8, 4) is 0 Å². The predicted molar refractivity (Wildman–Crippen MR) is 55.2 cm³/mol. The van der Waals surface area contributed by atoms with Gasteiger partial charge in [-0.15, -0.1) is 0 Å². The topological polar surface area (TPSA) is 0 Å². The van der Waals surface area contributed by atoms with Crippen LogP contribution in [0.2, 0.25) is 0 Å². The number of allylic oxidation sites excluding steroid dienone is 2. The maximum Gasteiger partial charge on any atom is -0.0233 e. The molecule has 1 saturated carbocycles. The Labute approximate surface area is 77.1 Å². The minimum Gasteiger partial charge on any atom is -0.0883 e. The number of unbranched alkanes of at least 4 members (excludes halogenated alkanes) is 1. The zero-order chi connectivity index (χ0) is 8.81. The minimum absolute atomic E-state index is 0.910. The largest absolute Gasteiger partial charge is 0.0883 e. The minimum atomic E-state index is 0.910. The molecule has 1 rings (SSSR count). The first kappa shape index (κ1) is 9.83. The van der Waals surface area contributed by atoms with Gasteiger partial charge in [0, 0.05) is 0 Å². The zero-order valence-electron chi connectivity index (χ0n) is 8.55. The molecule has 0 radical (unpaired) electrons. The third-order valence-corrected chi connectivity index (χ3v) is 2.92. The van der Waals surface area contributed by atoms with E-state index >= 15 is 0 Å². The molecular weight excluding hydrogens is 144 g/mol. The van der Waals surface area contributed by atoms with Crippen molar-refractivity contribution in [3.63, 3.8) is 0 Å². The molecule has 12 heavy (non-hydrogen) atoms. The number of hydrogen-bond donors (Lipinski definition) is 0. The summed E-state index contributed by atoms with van der Waals surface area (Å²) in [4.78, 5) is 0. The molecule has 0 aromatic heterocycles. The van der Waals surface area contributed by atoms with Crippen LogP contribution in [0.15, 0.2) is 12.2 Å². The lowest BCUT2D eigenvalue weighted by molar-refractivity contribution is 0.330. The Bertz CT molecular complexity index is 127. The summed E-state index contributed by atoms with van der Waals surface area (Å²) in [5.74, 6) is 1.90. The fourth-order valence-corrected chi connectivity index (χ4v) is 1.93. The molecular formula is C12H22. The van der Waals surface area contributed by atoms with Crippen LogP contribution in [0.4, 0.5) is 0 Å². The van der Waals surface area contributed by atoms with Crippen molar-refractivity contribution in [2.24, 2.45) is 11.8 Å². The van der Waals surface area contributed by atoms with E-state index in [4.69, 9.17) is 0 Å². The van der Waals surface area contributed by atoms with Gasteiger partial charge in [-0.2, -0.15) is 0 Å². The molecule has 0 N–H and O–H groups in total. The SMILES string of the molecule is CCC/C=C/C1CCC(C)CC1. The maximum absolute atomic E-state index is 2.45. The van der Waals surface area contributed by atoms with Crippen LogP contribution in [0.5, 0.6) is 0 Å². The van der Waals surface area contributed by atoms with E-state index in [9.17, 15) is 0 Å². The van der Waals surface area contributed by atoms with E-state index in [2.05, 4.69) is 26.0 Å². The van der Waals surface area contributed by atoms with Gasteiger partial charge in [-0.1, -0.05) is 45.3 Å². The maximum atomic E-state index is 2.45. The molecule has 1 fully saturated rings. The molecule has 0 atom stereocenters. The highest BCUT2D eigenvalue weighted by atomic mass is 14.2. The summed E-state index contributed by atoms with van der Waals surface area (Å²) in [5, 5.41) is 0. The van der Waals surface area contributed by atoms with Crippen LogP contribution in [-0.4, -0.2) is 0 Å². The lowest BCUT2D eigenvalue weighted by Gasteiger charge is -2.23. The average molecular weight is 166 g/mol. The molecule has 0 amide bonds. The highest BCUT2D eigenvalue weighted by Gasteiger charge is 2.15. The van der Waals surface area contributed by atoms with Gasteiger partial charge in [0.25, 0.3) is 0 Å². The smallest absolute Gasteiger partial charge is 0.0233 e. The van der Waals surface area contributed by atoms with Gasteiger partial charge >= 0.3 is 0 Å². The Morgan fingerprint density at radius 1 is 1.17 bits per heavy atom. The Hall–Kier alpha value is -0.260. The summed E-state index contributed by atoms with van der Waals surface area (Å²) in [6.07, 6.45) is 13.1. The standard InChI is InChI=1S/C12H22/c1-3-4-5-6-12-9-7-11(2)8-10-12/h5-6,11-12H,3-4,7-10H2,1-2H3/b6-5+. The first-order chi connectivity index (χ1) is 5.83. The lowest BCUT2D eigenvalue weighted by atomic mass is 9.83. The van der Waals surface area contributed by atoms with E-state index in [0.717, 1.165) is 11.8 Å². The molecule has 0 aromatic rings. The summed E-state index contributed by atoms with van der Waals surface area (Å²) in [7, 11) is 0. The monoisotopic (exact) mass is 166 g/mol. The van der Waals surface area contributed by atoms with Crippen LogP contribution in [0.1, 0.15) is 52.4 Å².